The van der Waals surface area contributed by atoms with E-state index in [9.17, 15) is 18.0 Å². The van der Waals surface area contributed by atoms with Crippen LogP contribution >= 0.6 is 0 Å². The minimum Gasteiger partial charge on any atom is -0.457 e. The normalized spacial score (nSPS) is 10.3. The molecule has 6 heteroatoms. The second-order valence-corrected chi connectivity index (χ2v) is 4.02. The van der Waals surface area contributed by atoms with Crippen LogP contribution in [0.25, 0.3) is 0 Å². The second kappa shape index (κ2) is 5.64. The second-order valence-electron chi connectivity index (χ2n) is 4.02. The smallest absolute Gasteiger partial charge is 0.340 e. The van der Waals surface area contributed by atoms with Crippen molar-refractivity contribution >= 4 is 11.7 Å². The number of carbonyl (C=O) groups excluding carboxylic acids is 1. The number of hydrogen-bond donors (Lipinski definition) is 1. The molecule has 0 aliphatic carbocycles. The van der Waals surface area contributed by atoms with Gasteiger partial charge in [0.25, 0.3) is 0 Å². The molecule has 2 aromatic carbocycles. The molecule has 0 atom stereocenters. The van der Waals surface area contributed by atoms with Gasteiger partial charge in [0.05, 0.1) is 5.56 Å². The van der Waals surface area contributed by atoms with Crippen LogP contribution in [-0.4, -0.2) is 5.97 Å². The van der Waals surface area contributed by atoms with E-state index in [4.69, 9.17) is 10.5 Å². The monoisotopic (exact) mass is 281 g/mol. The summed E-state index contributed by atoms with van der Waals surface area (Å²) in [5.74, 6) is -3.53. The minimum absolute atomic E-state index is 0.0387. The number of nitrogen functional groups attached to an aromatic ring is 1. The lowest BCUT2D eigenvalue weighted by Gasteiger charge is -2.08. The highest BCUT2D eigenvalue weighted by Gasteiger charge is 2.14. The maximum Gasteiger partial charge on any atom is 0.340 e. The Morgan fingerprint density at radius 1 is 1.15 bits per heavy atom. The molecule has 2 rings (SSSR count). The fourth-order valence-corrected chi connectivity index (χ4v) is 1.60. The van der Waals surface area contributed by atoms with Crippen molar-refractivity contribution < 1.29 is 22.7 Å². The summed E-state index contributed by atoms with van der Waals surface area (Å²) in [7, 11) is 0. The lowest BCUT2D eigenvalue weighted by atomic mass is 10.2. The first-order chi connectivity index (χ1) is 9.49. The molecular weight excluding hydrogens is 271 g/mol. The van der Waals surface area contributed by atoms with Crippen molar-refractivity contribution in [2.45, 2.75) is 6.61 Å². The largest absolute Gasteiger partial charge is 0.457 e. The van der Waals surface area contributed by atoms with Crippen molar-refractivity contribution in [1.82, 2.24) is 0 Å². The third-order valence-corrected chi connectivity index (χ3v) is 2.62. The fourth-order valence-electron chi connectivity index (χ4n) is 1.60. The van der Waals surface area contributed by atoms with Gasteiger partial charge in [0.1, 0.15) is 12.4 Å². The van der Waals surface area contributed by atoms with Crippen LogP contribution in [0.2, 0.25) is 0 Å². The topological polar surface area (TPSA) is 52.3 Å². The fraction of sp³-hybridized carbons (Fsp3) is 0.0714. The Hall–Kier alpha value is -2.50. The molecular formula is C14H10F3NO2. The third kappa shape index (κ3) is 2.90. The molecule has 104 valence electrons. The van der Waals surface area contributed by atoms with Crippen LogP contribution in [0, 0.1) is 17.5 Å². The highest BCUT2D eigenvalue weighted by molar-refractivity contribution is 5.94. The van der Waals surface area contributed by atoms with Gasteiger partial charge in [-0.15, -0.1) is 0 Å². The van der Waals surface area contributed by atoms with Gasteiger partial charge < -0.3 is 10.5 Å². The molecule has 2 N–H and O–H groups in total. The predicted molar refractivity (Wildman–Crippen MR) is 66.3 cm³/mol. The van der Waals surface area contributed by atoms with Crippen LogP contribution < -0.4 is 5.73 Å². The Bertz CT molecular complexity index is 659. The molecule has 0 saturated heterocycles. The molecule has 0 amide bonds. The first-order valence-corrected chi connectivity index (χ1v) is 5.64. The van der Waals surface area contributed by atoms with Gasteiger partial charge in [0, 0.05) is 11.3 Å². The van der Waals surface area contributed by atoms with Gasteiger partial charge in [0.15, 0.2) is 11.6 Å². The van der Waals surface area contributed by atoms with E-state index in [-0.39, 0.29) is 16.8 Å². The summed E-state index contributed by atoms with van der Waals surface area (Å²) in [6.07, 6.45) is 0. The molecule has 0 saturated carbocycles. The number of nitrogens with two attached hydrogens (primary N) is 1. The lowest BCUT2D eigenvalue weighted by molar-refractivity contribution is 0.0469. The Labute approximate surface area is 112 Å². The number of anilines is 1. The molecule has 0 aliphatic heterocycles. The van der Waals surface area contributed by atoms with Crippen LogP contribution in [0.3, 0.4) is 0 Å². The summed E-state index contributed by atoms with van der Waals surface area (Å²) in [4.78, 5) is 11.7. The summed E-state index contributed by atoms with van der Waals surface area (Å²) in [6, 6.07) is 6.73. The summed E-state index contributed by atoms with van der Waals surface area (Å²) in [5, 5.41) is 0. The summed E-state index contributed by atoms with van der Waals surface area (Å²) in [6.45, 7) is -0.445. The van der Waals surface area contributed by atoms with Crippen molar-refractivity contribution in [3.8, 4) is 0 Å². The quantitative estimate of drug-likeness (QED) is 0.695. The van der Waals surface area contributed by atoms with Crippen molar-refractivity contribution in [2.75, 3.05) is 5.73 Å². The molecule has 0 fully saturated rings. The number of esters is 1. The van der Waals surface area contributed by atoms with Crippen LogP contribution in [0.5, 0.6) is 0 Å². The van der Waals surface area contributed by atoms with Crippen LogP contribution in [0.15, 0.2) is 36.4 Å². The SMILES string of the molecule is Nc1cc(F)ccc1C(=O)OCc1cccc(F)c1F. The average Bonchev–Trinajstić information content (AvgIpc) is 2.40. The average molecular weight is 281 g/mol. The number of halogens is 3. The summed E-state index contributed by atoms with van der Waals surface area (Å²) >= 11 is 0. The number of benzene rings is 2. The Kier molecular flexibility index (Phi) is 3.93. The maximum atomic E-state index is 13.3. The Balaban J connectivity index is 2.11. The molecule has 0 aliphatic rings. The Morgan fingerprint density at radius 2 is 1.90 bits per heavy atom. The van der Waals surface area contributed by atoms with Crippen molar-refractivity contribution in [3.63, 3.8) is 0 Å². The van der Waals surface area contributed by atoms with Crippen molar-refractivity contribution in [3.05, 3.63) is 65.0 Å². The number of rotatable bonds is 3. The van der Waals surface area contributed by atoms with Gasteiger partial charge in [-0.25, -0.2) is 18.0 Å². The third-order valence-electron chi connectivity index (χ3n) is 2.62. The van der Waals surface area contributed by atoms with Crippen LogP contribution in [-0.2, 0) is 11.3 Å². The molecule has 3 nitrogen and oxygen atoms in total. The molecule has 0 radical (unpaired) electrons. The number of hydrogen-bond acceptors (Lipinski definition) is 3. The van der Waals surface area contributed by atoms with Gasteiger partial charge in [0.2, 0.25) is 0 Å². The molecule has 2 aromatic rings. The number of ether oxygens (including phenoxy) is 1. The first kappa shape index (κ1) is 13.9. The number of carbonyl (C=O) groups is 1. The predicted octanol–water partition coefficient (Wildman–Crippen LogP) is 3.04. The van der Waals surface area contributed by atoms with E-state index in [0.717, 1.165) is 24.3 Å². The zero-order valence-corrected chi connectivity index (χ0v) is 10.2. The van der Waals surface area contributed by atoms with Gasteiger partial charge in [-0.1, -0.05) is 12.1 Å². The summed E-state index contributed by atoms with van der Waals surface area (Å²) < 4.78 is 44.0. The summed E-state index contributed by atoms with van der Waals surface area (Å²) in [5.41, 5.74) is 5.25. The zero-order chi connectivity index (χ0) is 14.7. The molecule has 0 aromatic heterocycles. The highest BCUT2D eigenvalue weighted by Crippen LogP contribution is 2.17. The van der Waals surface area contributed by atoms with E-state index in [0.29, 0.717) is 0 Å². The van der Waals surface area contributed by atoms with Crippen molar-refractivity contribution in [2.24, 2.45) is 0 Å². The van der Waals surface area contributed by atoms with Crippen LogP contribution in [0.1, 0.15) is 15.9 Å². The van der Waals surface area contributed by atoms with E-state index >= 15 is 0 Å². The molecule has 0 heterocycles. The first-order valence-electron chi connectivity index (χ1n) is 5.64. The van der Waals surface area contributed by atoms with E-state index in [1.807, 2.05) is 0 Å². The van der Waals surface area contributed by atoms with E-state index in [1.54, 1.807) is 0 Å². The van der Waals surface area contributed by atoms with Crippen LogP contribution in [0.4, 0.5) is 18.9 Å². The van der Waals surface area contributed by atoms with Crippen molar-refractivity contribution in [1.29, 1.82) is 0 Å². The standard InChI is InChI=1S/C14H10F3NO2/c15-9-4-5-10(12(18)6-9)14(19)20-7-8-2-1-3-11(16)13(8)17/h1-6H,7,18H2. The molecule has 20 heavy (non-hydrogen) atoms. The van der Waals surface area contributed by atoms with Gasteiger partial charge >= 0.3 is 5.97 Å². The minimum atomic E-state index is -1.08. The van der Waals surface area contributed by atoms with Gasteiger partial charge in [-0.3, -0.25) is 0 Å². The van der Waals surface area contributed by atoms with E-state index in [1.165, 1.54) is 12.1 Å². The van der Waals surface area contributed by atoms with Gasteiger partial charge in [-0.05, 0) is 24.3 Å². The maximum absolute atomic E-state index is 13.3. The van der Waals surface area contributed by atoms with E-state index in [2.05, 4.69) is 0 Å². The highest BCUT2D eigenvalue weighted by atomic mass is 19.2. The van der Waals surface area contributed by atoms with Gasteiger partial charge in [-0.2, -0.15) is 0 Å². The molecule has 0 spiro atoms. The lowest BCUT2D eigenvalue weighted by Crippen LogP contribution is -2.09. The molecule has 0 bridgehead atoms. The zero-order valence-electron chi connectivity index (χ0n) is 10.2. The van der Waals surface area contributed by atoms with E-state index < -0.39 is 30.0 Å². The molecule has 0 unspecified atom stereocenters. The Morgan fingerprint density at radius 3 is 2.60 bits per heavy atom.